The van der Waals surface area contributed by atoms with Gasteiger partial charge >= 0.3 is 0 Å². The van der Waals surface area contributed by atoms with Crippen molar-refractivity contribution in [1.29, 1.82) is 0 Å². The predicted octanol–water partition coefficient (Wildman–Crippen LogP) is 0.834. The second-order valence-electron chi connectivity index (χ2n) is 5.35. The maximum atomic E-state index is 12.3. The second-order valence-corrected chi connectivity index (χ2v) is 7.06. The van der Waals surface area contributed by atoms with Crippen LogP contribution in [0, 0.1) is 11.8 Å². The minimum absolute atomic E-state index is 0.109. The lowest BCUT2D eigenvalue weighted by atomic mass is 10.1. The van der Waals surface area contributed by atoms with Crippen molar-refractivity contribution < 1.29 is 8.42 Å². The van der Waals surface area contributed by atoms with Gasteiger partial charge in [0.15, 0.2) is 0 Å². The van der Waals surface area contributed by atoms with Crippen molar-refractivity contribution in [2.75, 3.05) is 5.43 Å². The average Bonchev–Trinajstić information content (AvgIpc) is 3.29. The van der Waals surface area contributed by atoms with Crippen LogP contribution in [0.2, 0.25) is 0 Å². The van der Waals surface area contributed by atoms with Crippen LogP contribution in [-0.4, -0.2) is 19.4 Å². The molecule has 2 aliphatic rings. The molecule has 3 rings (SSSR count). The van der Waals surface area contributed by atoms with Gasteiger partial charge < -0.3 is 5.43 Å². The summed E-state index contributed by atoms with van der Waals surface area (Å²) in [6.45, 7) is 0. The number of anilines is 1. The smallest absolute Gasteiger partial charge is 0.242 e. The van der Waals surface area contributed by atoms with Gasteiger partial charge in [0, 0.05) is 12.2 Å². The molecule has 0 aromatic carbocycles. The molecule has 0 atom stereocenters. The van der Waals surface area contributed by atoms with Gasteiger partial charge in [0.25, 0.3) is 0 Å². The first kappa shape index (κ1) is 12.8. The van der Waals surface area contributed by atoms with E-state index in [0.717, 1.165) is 25.7 Å². The highest BCUT2D eigenvalue weighted by atomic mass is 32.2. The highest BCUT2D eigenvalue weighted by Crippen LogP contribution is 2.45. The molecule has 1 aromatic rings. The van der Waals surface area contributed by atoms with Gasteiger partial charge in [-0.25, -0.2) is 24.0 Å². The van der Waals surface area contributed by atoms with Crippen molar-refractivity contribution in [2.24, 2.45) is 17.7 Å². The first-order chi connectivity index (χ1) is 9.10. The molecule has 0 amide bonds. The lowest BCUT2D eigenvalue weighted by Gasteiger charge is -2.17. The van der Waals surface area contributed by atoms with Gasteiger partial charge in [0.05, 0.1) is 0 Å². The number of aromatic nitrogens is 1. The zero-order valence-corrected chi connectivity index (χ0v) is 11.4. The van der Waals surface area contributed by atoms with E-state index in [1.165, 1.54) is 12.3 Å². The summed E-state index contributed by atoms with van der Waals surface area (Å²) >= 11 is 0. The molecule has 1 heterocycles. The van der Waals surface area contributed by atoms with E-state index in [1.54, 1.807) is 6.07 Å². The zero-order chi connectivity index (χ0) is 13.5. The fourth-order valence-corrected chi connectivity index (χ4v) is 3.68. The number of nitrogens with zero attached hydrogens (tertiary/aromatic N) is 1. The quantitative estimate of drug-likeness (QED) is 0.530. The lowest BCUT2D eigenvalue weighted by molar-refractivity contribution is 0.471. The molecule has 0 unspecified atom stereocenters. The number of hydrogen-bond acceptors (Lipinski definition) is 5. The van der Waals surface area contributed by atoms with Crippen molar-refractivity contribution in [1.82, 2.24) is 9.71 Å². The zero-order valence-electron chi connectivity index (χ0n) is 10.5. The molecule has 2 aliphatic carbocycles. The third-order valence-electron chi connectivity index (χ3n) is 3.75. The van der Waals surface area contributed by atoms with E-state index in [-0.39, 0.29) is 10.9 Å². The van der Waals surface area contributed by atoms with Gasteiger partial charge in [0.2, 0.25) is 10.0 Å². The monoisotopic (exact) mass is 282 g/mol. The van der Waals surface area contributed by atoms with Gasteiger partial charge in [-0.2, -0.15) is 0 Å². The molecular weight excluding hydrogens is 264 g/mol. The number of nitrogens with one attached hydrogen (secondary N) is 2. The number of hydrazine groups is 1. The Kier molecular flexibility index (Phi) is 3.20. The molecule has 6 nitrogen and oxygen atoms in total. The van der Waals surface area contributed by atoms with Crippen molar-refractivity contribution in [3.63, 3.8) is 0 Å². The molecule has 4 N–H and O–H groups in total. The van der Waals surface area contributed by atoms with Gasteiger partial charge in [-0.3, -0.25) is 0 Å². The number of pyridine rings is 1. The van der Waals surface area contributed by atoms with Crippen LogP contribution in [0.5, 0.6) is 0 Å². The predicted molar refractivity (Wildman–Crippen MR) is 71.6 cm³/mol. The summed E-state index contributed by atoms with van der Waals surface area (Å²) in [6, 6.07) is 3.18. The Morgan fingerprint density at radius 1 is 1.21 bits per heavy atom. The minimum atomic E-state index is -3.48. The Bertz CT molecular complexity index is 538. The van der Waals surface area contributed by atoms with Crippen LogP contribution in [-0.2, 0) is 10.0 Å². The van der Waals surface area contributed by atoms with Gasteiger partial charge in [-0.15, -0.1) is 0 Å². The highest BCUT2D eigenvalue weighted by molar-refractivity contribution is 7.89. The number of hydrogen-bond donors (Lipinski definition) is 3. The summed E-state index contributed by atoms with van der Waals surface area (Å²) in [5, 5.41) is 0. The molecule has 7 heteroatoms. The van der Waals surface area contributed by atoms with E-state index >= 15 is 0 Å². The fourth-order valence-electron chi connectivity index (χ4n) is 2.36. The van der Waals surface area contributed by atoms with Crippen LogP contribution < -0.4 is 16.0 Å². The summed E-state index contributed by atoms with van der Waals surface area (Å²) in [6.07, 6.45) is 5.88. The van der Waals surface area contributed by atoms with E-state index in [4.69, 9.17) is 5.84 Å². The summed E-state index contributed by atoms with van der Waals surface area (Å²) in [7, 11) is -3.48. The molecule has 2 fully saturated rings. The highest BCUT2D eigenvalue weighted by Gasteiger charge is 2.43. The van der Waals surface area contributed by atoms with Crippen LogP contribution in [0.4, 0.5) is 5.82 Å². The normalized spacial score (nSPS) is 19.7. The van der Waals surface area contributed by atoms with Crippen molar-refractivity contribution in [2.45, 2.75) is 36.6 Å². The molecule has 0 spiro atoms. The molecule has 0 bridgehead atoms. The Morgan fingerprint density at radius 2 is 1.84 bits per heavy atom. The van der Waals surface area contributed by atoms with E-state index < -0.39 is 10.0 Å². The molecule has 104 valence electrons. The van der Waals surface area contributed by atoms with Crippen molar-refractivity contribution in [3.05, 3.63) is 18.3 Å². The molecule has 19 heavy (non-hydrogen) atoms. The molecule has 2 saturated carbocycles. The van der Waals surface area contributed by atoms with E-state index in [0.29, 0.717) is 17.7 Å². The van der Waals surface area contributed by atoms with E-state index in [1.807, 2.05) is 0 Å². The van der Waals surface area contributed by atoms with E-state index in [2.05, 4.69) is 15.1 Å². The molecule has 0 saturated heterocycles. The summed E-state index contributed by atoms with van der Waals surface area (Å²) in [5.74, 6) is 6.71. The number of rotatable bonds is 6. The molecule has 0 radical (unpaired) electrons. The lowest BCUT2D eigenvalue weighted by Crippen LogP contribution is -2.38. The first-order valence-corrected chi connectivity index (χ1v) is 8.03. The van der Waals surface area contributed by atoms with Gasteiger partial charge in [-0.1, -0.05) is 0 Å². The van der Waals surface area contributed by atoms with E-state index in [9.17, 15) is 8.42 Å². The Labute approximate surface area is 112 Å². The van der Waals surface area contributed by atoms with Crippen LogP contribution in [0.3, 0.4) is 0 Å². The Morgan fingerprint density at radius 3 is 2.26 bits per heavy atom. The van der Waals surface area contributed by atoms with Crippen molar-refractivity contribution in [3.8, 4) is 0 Å². The van der Waals surface area contributed by atoms with Crippen molar-refractivity contribution >= 4 is 15.8 Å². The first-order valence-electron chi connectivity index (χ1n) is 6.55. The summed E-state index contributed by atoms with van der Waals surface area (Å²) in [5.41, 5.74) is 2.38. The minimum Gasteiger partial charge on any atom is -0.308 e. The Balaban J connectivity index is 1.76. The number of nitrogen functional groups attached to an aromatic ring is 1. The molecular formula is C12H18N4O2S. The van der Waals surface area contributed by atoms with Crippen LogP contribution in [0.15, 0.2) is 23.2 Å². The molecule has 1 aromatic heterocycles. The largest absolute Gasteiger partial charge is 0.308 e. The standard InChI is InChI=1S/C12H18N4O2S/c13-15-11-6-5-10(7-14-11)19(17,18)16-12(8-1-2-8)9-3-4-9/h5-9,12,16H,1-4,13H2,(H,14,15). The van der Waals surface area contributed by atoms with Crippen LogP contribution in [0.25, 0.3) is 0 Å². The second kappa shape index (κ2) is 4.73. The SMILES string of the molecule is NNc1ccc(S(=O)(=O)NC(C2CC2)C2CC2)cn1. The fraction of sp³-hybridized carbons (Fsp3) is 0.583. The maximum Gasteiger partial charge on any atom is 0.242 e. The van der Waals surface area contributed by atoms with Gasteiger partial charge in [0.1, 0.15) is 10.7 Å². The van der Waals surface area contributed by atoms with Crippen LogP contribution >= 0.6 is 0 Å². The Hall–Kier alpha value is -1.18. The summed E-state index contributed by atoms with van der Waals surface area (Å²) < 4.78 is 27.5. The average molecular weight is 282 g/mol. The van der Waals surface area contributed by atoms with Gasteiger partial charge in [-0.05, 0) is 49.7 Å². The third-order valence-corrected chi connectivity index (χ3v) is 5.19. The number of sulfonamides is 1. The topological polar surface area (TPSA) is 97.1 Å². The number of nitrogens with two attached hydrogens (primary N) is 1. The summed E-state index contributed by atoms with van der Waals surface area (Å²) in [4.78, 5) is 4.13. The molecule has 0 aliphatic heterocycles. The third kappa shape index (κ3) is 2.88. The maximum absolute atomic E-state index is 12.3. The van der Waals surface area contributed by atoms with Crippen LogP contribution in [0.1, 0.15) is 25.7 Å².